The molecule has 0 heterocycles. The Morgan fingerprint density at radius 1 is 2.00 bits per heavy atom. The summed E-state index contributed by atoms with van der Waals surface area (Å²) in [5.74, 6) is 0. The van der Waals surface area contributed by atoms with Crippen LogP contribution in [0.25, 0.3) is 0 Å². The van der Waals surface area contributed by atoms with Gasteiger partial charge in [0.15, 0.2) is 0 Å². The molecule has 0 saturated heterocycles. The third-order valence-corrected chi connectivity index (χ3v) is 5.31. The fourth-order valence-electron chi connectivity index (χ4n) is 0.0962. The first-order valence-electron chi connectivity index (χ1n) is 1.64. The third kappa shape index (κ3) is 2.71. The smallest absolute Gasteiger partial charge is 0.248 e. The minimum atomic E-state index is -1.14. The fourth-order valence-corrected chi connectivity index (χ4v) is 0.866. The van der Waals surface area contributed by atoms with Crippen molar-refractivity contribution in [2.24, 2.45) is 0 Å². The second-order valence-corrected chi connectivity index (χ2v) is 5.53. The number of thiol groups is 1. The van der Waals surface area contributed by atoms with Gasteiger partial charge in [-0.3, -0.25) is 0 Å². The molecule has 36 valence electrons. The Hall–Kier alpha value is 0.484. The van der Waals surface area contributed by atoms with Gasteiger partial charge in [-0.05, 0) is 0 Å². The van der Waals surface area contributed by atoms with Crippen LogP contribution in [0.5, 0.6) is 0 Å². The summed E-state index contributed by atoms with van der Waals surface area (Å²) >= 11 is 4.06. The van der Waals surface area contributed by atoms with E-state index in [1.165, 1.54) is 0 Å². The zero-order chi connectivity index (χ0) is 4.99. The van der Waals surface area contributed by atoms with E-state index in [9.17, 15) is 0 Å². The molecule has 0 bridgehead atoms. The van der Waals surface area contributed by atoms with Crippen LogP contribution < -0.4 is 0 Å². The van der Waals surface area contributed by atoms with Gasteiger partial charge in [0.1, 0.15) is 10.5 Å². The highest BCUT2D eigenvalue weighted by molar-refractivity contribution is 8.10. The molecule has 0 amide bonds. The predicted molar refractivity (Wildman–Crippen MR) is 37.4 cm³/mol. The Morgan fingerprint density at radius 3 is 2.50 bits per heavy atom. The number of hydrogen-bond acceptors (Lipinski definition) is 2. The number of hydrogen-bond donors (Lipinski definition) is 1. The maximum absolute atomic E-state index is 4.92. The second-order valence-electron chi connectivity index (χ2n) is 0.862. The van der Waals surface area contributed by atoms with E-state index in [-0.39, 0.29) is 0 Å². The molecule has 0 saturated carbocycles. The van der Waals surface area contributed by atoms with Crippen LogP contribution in [-0.4, -0.2) is 18.7 Å². The van der Waals surface area contributed by atoms with Gasteiger partial charge >= 0.3 is 0 Å². The summed E-state index contributed by atoms with van der Waals surface area (Å²) in [5.41, 5.74) is 1.79. The van der Waals surface area contributed by atoms with Crippen molar-refractivity contribution in [2.75, 3.05) is 0 Å². The van der Waals surface area contributed by atoms with Gasteiger partial charge in [0.25, 0.3) is 0 Å². The topological polar surface area (TPSA) is 9.23 Å². The van der Waals surface area contributed by atoms with Gasteiger partial charge in [-0.2, -0.15) is 12.1 Å². The lowest BCUT2D eigenvalue weighted by molar-refractivity contribution is 0.670. The van der Waals surface area contributed by atoms with Gasteiger partial charge in [0, 0.05) is 0 Å². The lowest BCUT2D eigenvalue weighted by Crippen LogP contribution is -2.02. The summed E-state index contributed by atoms with van der Waals surface area (Å²) in [6.45, 7) is 3.51. The van der Waals surface area contributed by atoms with Crippen molar-refractivity contribution in [3.8, 4) is 0 Å². The van der Waals surface area contributed by atoms with Crippen molar-refractivity contribution >= 4 is 30.8 Å². The van der Waals surface area contributed by atoms with Crippen molar-refractivity contribution < 1.29 is 4.12 Å². The average molecular weight is 136 g/mol. The van der Waals surface area contributed by atoms with Crippen molar-refractivity contribution in [1.29, 1.82) is 0 Å². The molecule has 0 aromatic rings. The lowest BCUT2D eigenvalue weighted by Gasteiger charge is -1.94. The van der Waals surface area contributed by atoms with Gasteiger partial charge in [0.05, 0.1) is 0 Å². The quantitative estimate of drug-likeness (QED) is 0.385. The first-order valence-corrected chi connectivity index (χ1v) is 5.66. The molecule has 0 N–H and O–H groups in total. The monoisotopic (exact) mass is 136 g/mol. The first kappa shape index (κ1) is 6.48. The molecular formula is C2H8OSSi2. The van der Waals surface area contributed by atoms with E-state index in [0.29, 0.717) is 0 Å². The summed E-state index contributed by atoms with van der Waals surface area (Å²) in [6, 6.07) is 0. The van der Waals surface area contributed by atoms with Gasteiger partial charge in [-0.25, -0.2) is 0 Å². The van der Waals surface area contributed by atoms with Crippen molar-refractivity contribution in [1.82, 2.24) is 0 Å². The minimum Gasteiger partial charge on any atom is -0.456 e. The summed E-state index contributed by atoms with van der Waals surface area (Å²) in [7, 11) is -0.344. The molecule has 6 heavy (non-hydrogen) atoms. The Balaban J connectivity index is 2.96. The van der Waals surface area contributed by atoms with Gasteiger partial charge < -0.3 is 4.12 Å². The Bertz CT molecular complexity index is 48.8. The Kier molecular flexibility index (Phi) is 3.96. The summed E-state index contributed by atoms with van der Waals surface area (Å²) in [5, 5.41) is 0. The zero-order valence-electron chi connectivity index (χ0n) is 3.72. The van der Waals surface area contributed by atoms with Crippen molar-refractivity contribution in [3.63, 3.8) is 0 Å². The van der Waals surface area contributed by atoms with E-state index in [1.54, 1.807) is 5.70 Å². The standard InChI is InChI=1S/C2H8OSSi2/c1-2-6(4)3-5/h2,4,6H,1H2,5H3. The van der Waals surface area contributed by atoms with E-state index in [4.69, 9.17) is 4.12 Å². The van der Waals surface area contributed by atoms with E-state index in [1.807, 2.05) is 0 Å². The van der Waals surface area contributed by atoms with Gasteiger partial charge in [-0.15, -0.1) is 6.58 Å². The van der Waals surface area contributed by atoms with Crippen molar-refractivity contribution in [2.45, 2.75) is 0 Å². The molecule has 0 aliphatic rings. The molecule has 4 heteroatoms. The van der Waals surface area contributed by atoms with Crippen LogP contribution in [0.2, 0.25) is 0 Å². The van der Waals surface area contributed by atoms with E-state index in [0.717, 1.165) is 10.5 Å². The molecule has 0 rings (SSSR count). The van der Waals surface area contributed by atoms with Crippen LogP contribution in [0, 0.1) is 0 Å². The zero-order valence-corrected chi connectivity index (χ0v) is 7.77. The van der Waals surface area contributed by atoms with E-state index >= 15 is 0 Å². The van der Waals surface area contributed by atoms with Crippen LogP contribution >= 0.6 is 12.1 Å². The second kappa shape index (κ2) is 3.67. The molecule has 1 nitrogen and oxygen atoms in total. The maximum Gasteiger partial charge on any atom is 0.248 e. The van der Waals surface area contributed by atoms with E-state index in [2.05, 4.69) is 18.7 Å². The summed E-state index contributed by atoms with van der Waals surface area (Å²) in [4.78, 5) is 0. The normalized spacial score (nSPS) is 14.2. The fraction of sp³-hybridized carbons (Fsp3) is 0. The Labute approximate surface area is 47.7 Å². The molecule has 0 aromatic carbocycles. The van der Waals surface area contributed by atoms with E-state index < -0.39 is 8.19 Å². The molecule has 0 aliphatic heterocycles. The molecule has 1 unspecified atom stereocenters. The lowest BCUT2D eigenvalue weighted by atomic mass is 11.3. The largest absolute Gasteiger partial charge is 0.456 e. The molecule has 1 atom stereocenters. The van der Waals surface area contributed by atoms with Gasteiger partial charge in [0.2, 0.25) is 8.19 Å². The molecule has 0 aromatic heterocycles. The van der Waals surface area contributed by atoms with Crippen LogP contribution in [0.1, 0.15) is 0 Å². The van der Waals surface area contributed by atoms with Crippen LogP contribution in [-0.2, 0) is 4.12 Å². The minimum absolute atomic E-state index is 0.797. The predicted octanol–water partition coefficient (Wildman–Crippen LogP) is -0.841. The molecule has 0 radical (unpaired) electrons. The van der Waals surface area contributed by atoms with Crippen LogP contribution in [0.3, 0.4) is 0 Å². The average Bonchev–Trinajstić information content (AvgIpc) is 1.65. The Morgan fingerprint density at radius 2 is 2.50 bits per heavy atom. The summed E-state index contributed by atoms with van der Waals surface area (Å²) < 4.78 is 4.92. The first-order chi connectivity index (χ1) is 2.81. The van der Waals surface area contributed by atoms with Crippen LogP contribution in [0.4, 0.5) is 0 Å². The maximum atomic E-state index is 4.92. The highest BCUT2D eigenvalue weighted by atomic mass is 32.3. The van der Waals surface area contributed by atoms with Crippen molar-refractivity contribution in [3.05, 3.63) is 12.3 Å². The highest BCUT2D eigenvalue weighted by Crippen LogP contribution is 1.85. The molecule has 0 spiro atoms. The molecular weight excluding hydrogens is 128 g/mol. The van der Waals surface area contributed by atoms with Crippen LogP contribution in [0.15, 0.2) is 12.3 Å². The van der Waals surface area contributed by atoms with Gasteiger partial charge in [-0.1, -0.05) is 5.70 Å². The third-order valence-electron chi connectivity index (χ3n) is 0.443. The highest BCUT2D eigenvalue weighted by Gasteiger charge is 1.89. The SMILES string of the molecule is C=C[SiH](S)O[SiH3]. The molecule has 0 fully saturated rings. The number of rotatable bonds is 2. The summed E-state index contributed by atoms with van der Waals surface area (Å²) in [6.07, 6.45) is 0. The molecule has 0 aliphatic carbocycles.